The highest BCUT2D eigenvalue weighted by Gasteiger charge is 2.52. The largest absolute Gasteiger partial charge is 0.375 e. The Morgan fingerprint density at radius 1 is 1.36 bits per heavy atom. The summed E-state index contributed by atoms with van der Waals surface area (Å²) in [5, 5.41) is 5.71. The van der Waals surface area contributed by atoms with Crippen molar-refractivity contribution >= 4 is 28.8 Å². The van der Waals surface area contributed by atoms with Gasteiger partial charge in [-0.05, 0) is 30.4 Å². The number of rotatable bonds is 6. The summed E-state index contributed by atoms with van der Waals surface area (Å²) >= 11 is 7.85. The molecule has 1 aliphatic rings. The molecule has 1 fully saturated rings. The summed E-state index contributed by atoms with van der Waals surface area (Å²) in [6.45, 7) is 0.423. The number of carbonyl (C=O) groups is 1. The second-order valence-corrected chi connectivity index (χ2v) is 6.87. The molecule has 1 aliphatic carbocycles. The van der Waals surface area contributed by atoms with Gasteiger partial charge < -0.3 is 10.1 Å². The Hall–Kier alpha value is -1.36. The van der Waals surface area contributed by atoms with Crippen molar-refractivity contribution in [2.75, 3.05) is 13.7 Å². The Morgan fingerprint density at radius 2 is 2.14 bits per heavy atom. The fourth-order valence-electron chi connectivity index (χ4n) is 2.67. The van der Waals surface area contributed by atoms with E-state index in [-0.39, 0.29) is 17.4 Å². The highest BCUT2D eigenvalue weighted by atomic mass is 35.5. The number of methoxy groups -OCH3 is 1. The highest BCUT2D eigenvalue weighted by molar-refractivity contribution is 7.10. The number of nitrogens with one attached hydrogen (secondary N) is 1. The van der Waals surface area contributed by atoms with Gasteiger partial charge in [-0.3, -0.25) is 4.79 Å². The van der Waals surface area contributed by atoms with E-state index in [4.69, 9.17) is 16.3 Å². The number of hydrogen-bond donors (Lipinski definition) is 1. The molecule has 0 bridgehead atoms. The van der Waals surface area contributed by atoms with Gasteiger partial charge in [-0.25, -0.2) is 0 Å². The minimum absolute atomic E-state index is 0.0871. The molecule has 3 rings (SSSR count). The van der Waals surface area contributed by atoms with Crippen LogP contribution < -0.4 is 5.32 Å². The lowest BCUT2D eigenvalue weighted by molar-refractivity contribution is -0.124. The van der Waals surface area contributed by atoms with Gasteiger partial charge in [0.25, 0.3) is 0 Å². The summed E-state index contributed by atoms with van der Waals surface area (Å²) in [6.07, 6.45) is 1.60. The SMILES string of the molecule is COC(CNC(=O)C1(c2cccs2)CC1)c1ccccc1Cl. The smallest absolute Gasteiger partial charge is 0.231 e. The van der Waals surface area contributed by atoms with Crippen molar-refractivity contribution < 1.29 is 9.53 Å². The summed E-state index contributed by atoms with van der Waals surface area (Å²) in [4.78, 5) is 13.7. The lowest BCUT2D eigenvalue weighted by Crippen LogP contribution is -2.37. The van der Waals surface area contributed by atoms with Gasteiger partial charge in [0.05, 0.1) is 5.41 Å². The van der Waals surface area contributed by atoms with Crippen LogP contribution in [-0.4, -0.2) is 19.6 Å². The highest BCUT2D eigenvalue weighted by Crippen LogP contribution is 2.50. The Morgan fingerprint density at radius 3 is 2.73 bits per heavy atom. The molecular formula is C17H18ClNO2S. The van der Waals surface area contributed by atoms with Crippen molar-refractivity contribution in [3.8, 4) is 0 Å². The number of amides is 1. The maximum atomic E-state index is 12.6. The van der Waals surface area contributed by atoms with Crippen LogP contribution in [0.4, 0.5) is 0 Å². The molecule has 116 valence electrons. The lowest BCUT2D eigenvalue weighted by Gasteiger charge is -2.20. The fourth-order valence-corrected chi connectivity index (χ4v) is 3.91. The molecule has 3 nitrogen and oxygen atoms in total. The maximum Gasteiger partial charge on any atom is 0.231 e. The van der Waals surface area contributed by atoms with Crippen LogP contribution in [0.2, 0.25) is 5.02 Å². The van der Waals surface area contributed by atoms with Crippen LogP contribution in [0, 0.1) is 0 Å². The molecule has 0 spiro atoms. The van der Waals surface area contributed by atoms with Crippen LogP contribution in [-0.2, 0) is 14.9 Å². The van der Waals surface area contributed by atoms with Crippen LogP contribution in [0.25, 0.3) is 0 Å². The van der Waals surface area contributed by atoms with E-state index in [1.165, 1.54) is 0 Å². The van der Waals surface area contributed by atoms with E-state index >= 15 is 0 Å². The number of thiophene rings is 1. The number of hydrogen-bond acceptors (Lipinski definition) is 3. The Labute approximate surface area is 139 Å². The van der Waals surface area contributed by atoms with Crippen molar-refractivity contribution in [1.82, 2.24) is 5.32 Å². The fraction of sp³-hybridized carbons (Fsp3) is 0.353. The van der Waals surface area contributed by atoms with E-state index in [0.29, 0.717) is 11.6 Å². The average molecular weight is 336 g/mol. The van der Waals surface area contributed by atoms with E-state index in [0.717, 1.165) is 23.3 Å². The van der Waals surface area contributed by atoms with Gasteiger partial charge in [0.15, 0.2) is 0 Å². The third-order valence-corrected chi connectivity index (χ3v) is 5.58. The van der Waals surface area contributed by atoms with E-state index in [9.17, 15) is 4.79 Å². The number of ether oxygens (including phenoxy) is 1. The predicted octanol–water partition coefficient (Wildman–Crippen LogP) is 3.94. The van der Waals surface area contributed by atoms with Gasteiger partial charge in [-0.15, -0.1) is 11.3 Å². The molecule has 0 radical (unpaired) electrons. The molecule has 1 aromatic carbocycles. The number of carbonyl (C=O) groups excluding carboxylic acids is 1. The third kappa shape index (κ3) is 2.91. The molecule has 22 heavy (non-hydrogen) atoms. The molecule has 1 N–H and O–H groups in total. The monoisotopic (exact) mass is 335 g/mol. The van der Waals surface area contributed by atoms with Crippen molar-refractivity contribution in [2.24, 2.45) is 0 Å². The van der Waals surface area contributed by atoms with Crippen molar-refractivity contribution in [1.29, 1.82) is 0 Å². The van der Waals surface area contributed by atoms with Gasteiger partial charge >= 0.3 is 0 Å². The predicted molar refractivity (Wildman–Crippen MR) is 89.4 cm³/mol. The van der Waals surface area contributed by atoms with Crippen LogP contribution in [0.15, 0.2) is 41.8 Å². The average Bonchev–Trinajstić information content (AvgIpc) is 3.16. The maximum absolute atomic E-state index is 12.6. The molecule has 1 atom stereocenters. The molecule has 5 heteroatoms. The van der Waals surface area contributed by atoms with Gasteiger partial charge in [0, 0.05) is 29.1 Å². The molecule has 0 aliphatic heterocycles. The minimum Gasteiger partial charge on any atom is -0.375 e. The molecule has 1 heterocycles. The Bertz CT molecular complexity index is 652. The van der Waals surface area contributed by atoms with Gasteiger partial charge in [-0.2, -0.15) is 0 Å². The normalized spacial score (nSPS) is 17.0. The Kier molecular flexibility index (Phi) is 4.52. The van der Waals surface area contributed by atoms with Crippen molar-refractivity contribution in [3.63, 3.8) is 0 Å². The second kappa shape index (κ2) is 6.41. The van der Waals surface area contributed by atoms with Crippen molar-refractivity contribution in [3.05, 3.63) is 57.2 Å². The zero-order valence-corrected chi connectivity index (χ0v) is 13.9. The van der Waals surface area contributed by atoms with Crippen molar-refractivity contribution in [2.45, 2.75) is 24.4 Å². The first kappa shape index (κ1) is 15.5. The van der Waals surface area contributed by atoms with E-state index in [1.807, 2.05) is 41.8 Å². The molecule has 1 aromatic heterocycles. The molecular weight excluding hydrogens is 318 g/mol. The second-order valence-electron chi connectivity index (χ2n) is 5.52. The van der Waals surface area contributed by atoms with E-state index < -0.39 is 0 Å². The molecule has 0 saturated heterocycles. The summed E-state index contributed by atoms with van der Waals surface area (Å²) in [5.41, 5.74) is 0.584. The number of halogens is 1. The first-order valence-corrected chi connectivity index (χ1v) is 8.52. The zero-order chi connectivity index (χ0) is 15.6. The summed E-state index contributed by atoms with van der Waals surface area (Å²) in [7, 11) is 1.63. The van der Waals surface area contributed by atoms with E-state index in [1.54, 1.807) is 18.4 Å². The topological polar surface area (TPSA) is 38.3 Å². The summed E-state index contributed by atoms with van der Waals surface area (Å²) in [5.74, 6) is 0.0871. The molecule has 2 aromatic rings. The molecule has 1 saturated carbocycles. The van der Waals surface area contributed by atoms with Crippen LogP contribution >= 0.6 is 22.9 Å². The van der Waals surface area contributed by atoms with E-state index in [2.05, 4.69) is 5.32 Å². The molecule has 1 unspecified atom stereocenters. The Balaban J connectivity index is 1.67. The quantitative estimate of drug-likeness (QED) is 0.868. The zero-order valence-electron chi connectivity index (χ0n) is 12.3. The van der Waals surface area contributed by atoms with Crippen LogP contribution in [0.1, 0.15) is 29.4 Å². The number of benzene rings is 1. The first-order chi connectivity index (χ1) is 10.7. The van der Waals surface area contributed by atoms with Crippen LogP contribution in [0.3, 0.4) is 0 Å². The standard InChI is InChI=1S/C17H18ClNO2S/c1-21-14(12-5-2-3-6-13(12)18)11-19-16(20)17(8-9-17)15-7-4-10-22-15/h2-7,10,14H,8-9,11H2,1H3,(H,19,20). The van der Waals surface area contributed by atoms with Gasteiger partial charge in [0.1, 0.15) is 6.10 Å². The molecule has 1 amide bonds. The summed E-state index contributed by atoms with van der Waals surface area (Å²) in [6, 6.07) is 11.6. The van der Waals surface area contributed by atoms with Gasteiger partial charge in [0.2, 0.25) is 5.91 Å². The summed E-state index contributed by atoms with van der Waals surface area (Å²) < 4.78 is 5.49. The first-order valence-electron chi connectivity index (χ1n) is 7.27. The van der Waals surface area contributed by atoms with Gasteiger partial charge in [-0.1, -0.05) is 35.9 Å². The third-order valence-electron chi connectivity index (χ3n) is 4.16. The lowest BCUT2D eigenvalue weighted by atomic mass is 10.0. The van der Waals surface area contributed by atoms with Crippen LogP contribution in [0.5, 0.6) is 0 Å². The minimum atomic E-state index is -0.313.